The summed E-state index contributed by atoms with van der Waals surface area (Å²) in [5, 5.41) is 16.7. The topological polar surface area (TPSA) is 74.6 Å². The lowest BCUT2D eigenvalue weighted by atomic mass is 10.1. The van der Waals surface area contributed by atoms with Gasteiger partial charge in [0.05, 0.1) is 0 Å². The zero-order chi connectivity index (χ0) is 9.72. The number of hydrogen-bond donors (Lipinski definition) is 2. The molecule has 0 atom stereocenters. The molecule has 0 aromatic rings. The van der Waals surface area contributed by atoms with Gasteiger partial charge in [0, 0.05) is 5.92 Å². The number of carboxylic acids is 2. The van der Waals surface area contributed by atoms with Crippen molar-refractivity contribution >= 4 is 11.9 Å². The van der Waals surface area contributed by atoms with Crippen LogP contribution in [-0.4, -0.2) is 22.2 Å². The zero-order valence-electron chi connectivity index (χ0n) is 6.87. The number of hydrogen-bond acceptors (Lipinski definition) is 2. The van der Waals surface area contributed by atoms with Crippen LogP contribution in [0, 0.1) is 23.7 Å². The molecule has 0 aromatic carbocycles. The highest BCUT2D eigenvalue weighted by atomic mass is 16.4. The number of aliphatic carboxylic acids is 2. The van der Waals surface area contributed by atoms with Gasteiger partial charge in [-0.15, -0.1) is 0 Å². The summed E-state index contributed by atoms with van der Waals surface area (Å²) in [6.07, 6.45) is 0. The Balaban J connectivity index is 4.48. The third-order valence-corrected chi connectivity index (χ3v) is 1.01. The first-order valence-electron chi connectivity index (χ1n) is 3.41. The molecular formula is C8H10O4. The molecule has 0 amide bonds. The highest BCUT2D eigenvalue weighted by molar-refractivity contribution is 5.96. The Morgan fingerprint density at radius 3 is 1.75 bits per heavy atom. The van der Waals surface area contributed by atoms with Crippen LogP contribution < -0.4 is 0 Å². The maximum Gasteiger partial charge on any atom is 0.330 e. The predicted molar refractivity (Wildman–Crippen MR) is 41.4 cm³/mol. The van der Waals surface area contributed by atoms with E-state index in [1.807, 2.05) is 0 Å². The van der Waals surface area contributed by atoms with Gasteiger partial charge < -0.3 is 10.2 Å². The van der Waals surface area contributed by atoms with E-state index in [0.29, 0.717) is 0 Å². The third kappa shape index (κ3) is 3.62. The maximum absolute atomic E-state index is 10.3. The fourth-order valence-electron chi connectivity index (χ4n) is 0.479. The summed E-state index contributed by atoms with van der Waals surface area (Å²) >= 11 is 0. The molecule has 12 heavy (non-hydrogen) atoms. The first kappa shape index (κ1) is 10.5. The second-order valence-corrected chi connectivity index (χ2v) is 2.55. The minimum absolute atomic E-state index is 0.0220. The molecule has 0 saturated carbocycles. The molecule has 4 heteroatoms. The number of rotatable bonds is 2. The van der Waals surface area contributed by atoms with E-state index in [1.54, 1.807) is 13.8 Å². The van der Waals surface area contributed by atoms with Crippen LogP contribution in [0.5, 0.6) is 0 Å². The Morgan fingerprint density at radius 2 is 1.50 bits per heavy atom. The molecular weight excluding hydrogens is 160 g/mol. The summed E-state index contributed by atoms with van der Waals surface area (Å²) in [4.78, 5) is 20.5. The summed E-state index contributed by atoms with van der Waals surface area (Å²) in [7, 11) is 0. The van der Waals surface area contributed by atoms with Crippen LogP contribution in [0.4, 0.5) is 0 Å². The monoisotopic (exact) mass is 170 g/mol. The van der Waals surface area contributed by atoms with Gasteiger partial charge >= 0.3 is 11.9 Å². The van der Waals surface area contributed by atoms with E-state index in [0.717, 1.165) is 0 Å². The van der Waals surface area contributed by atoms with Gasteiger partial charge in [-0.1, -0.05) is 25.7 Å². The fraction of sp³-hybridized carbons (Fsp3) is 0.500. The Labute approximate surface area is 70.2 Å². The highest BCUT2D eigenvalue weighted by Gasteiger charge is 2.22. The number of carboxylic acid groups (broad SMARTS) is 2. The van der Waals surface area contributed by atoms with Crippen LogP contribution in [0.1, 0.15) is 13.8 Å². The second kappa shape index (κ2) is 4.39. The second-order valence-electron chi connectivity index (χ2n) is 2.55. The maximum atomic E-state index is 10.3. The molecule has 0 aliphatic carbocycles. The van der Waals surface area contributed by atoms with Gasteiger partial charge in [0.15, 0.2) is 0 Å². The van der Waals surface area contributed by atoms with E-state index in [4.69, 9.17) is 10.2 Å². The van der Waals surface area contributed by atoms with Gasteiger partial charge in [-0.05, 0) is 0 Å². The summed E-state index contributed by atoms with van der Waals surface area (Å²) < 4.78 is 0. The van der Waals surface area contributed by atoms with Crippen LogP contribution >= 0.6 is 0 Å². The molecule has 0 aliphatic rings. The van der Waals surface area contributed by atoms with E-state index in [2.05, 4.69) is 11.8 Å². The standard InChI is InChI=1S/C8H10O4/c1-5(2)3-4-6(7(9)10)8(11)12/h5-6H,1-2H3,(H,9,10)(H,11,12). The smallest absolute Gasteiger partial charge is 0.330 e. The van der Waals surface area contributed by atoms with E-state index < -0.39 is 17.9 Å². The molecule has 0 spiro atoms. The van der Waals surface area contributed by atoms with Crippen molar-refractivity contribution in [1.29, 1.82) is 0 Å². The molecule has 0 aliphatic heterocycles. The minimum Gasteiger partial charge on any atom is -0.480 e. The molecule has 0 fully saturated rings. The van der Waals surface area contributed by atoms with Gasteiger partial charge in [0.25, 0.3) is 0 Å². The lowest BCUT2D eigenvalue weighted by Crippen LogP contribution is -2.21. The van der Waals surface area contributed by atoms with Crippen LogP contribution in [0.3, 0.4) is 0 Å². The van der Waals surface area contributed by atoms with Gasteiger partial charge in [0.2, 0.25) is 5.92 Å². The van der Waals surface area contributed by atoms with Crippen LogP contribution in [0.2, 0.25) is 0 Å². The van der Waals surface area contributed by atoms with Gasteiger partial charge in [-0.2, -0.15) is 0 Å². The summed E-state index contributed by atoms with van der Waals surface area (Å²) in [5.41, 5.74) is 0. The molecule has 0 aromatic heterocycles. The highest BCUT2D eigenvalue weighted by Crippen LogP contribution is 1.96. The largest absolute Gasteiger partial charge is 0.480 e. The van der Waals surface area contributed by atoms with E-state index >= 15 is 0 Å². The molecule has 0 heterocycles. The van der Waals surface area contributed by atoms with Gasteiger partial charge in [0.1, 0.15) is 0 Å². The van der Waals surface area contributed by atoms with Crippen LogP contribution in [-0.2, 0) is 9.59 Å². The van der Waals surface area contributed by atoms with E-state index in [-0.39, 0.29) is 5.92 Å². The zero-order valence-corrected chi connectivity index (χ0v) is 6.87. The SMILES string of the molecule is CC(C)C#CC(C(=O)O)C(=O)O. The Bertz CT molecular complexity index is 230. The van der Waals surface area contributed by atoms with Crippen molar-refractivity contribution in [1.82, 2.24) is 0 Å². The van der Waals surface area contributed by atoms with Crippen molar-refractivity contribution in [2.75, 3.05) is 0 Å². The fourth-order valence-corrected chi connectivity index (χ4v) is 0.479. The van der Waals surface area contributed by atoms with Crippen molar-refractivity contribution < 1.29 is 19.8 Å². The quantitative estimate of drug-likeness (QED) is 0.465. The minimum atomic E-state index is -1.60. The summed E-state index contributed by atoms with van der Waals surface area (Å²) in [6, 6.07) is 0. The van der Waals surface area contributed by atoms with Crippen molar-refractivity contribution in [2.24, 2.45) is 11.8 Å². The van der Waals surface area contributed by atoms with Crippen molar-refractivity contribution in [2.45, 2.75) is 13.8 Å². The van der Waals surface area contributed by atoms with Crippen molar-refractivity contribution in [3.05, 3.63) is 0 Å². The summed E-state index contributed by atoms with van der Waals surface area (Å²) in [6.45, 7) is 3.52. The lowest BCUT2D eigenvalue weighted by Gasteiger charge is -1.96. The van der Waals surface area contributed by atoms with E-state index in [1.165, 1.54) is 0 Å². The first-order valence-corrected chi connectivity index (χ1v) is 3.41. The molecule has 4 nitrogen and oxygen atoms in total. The van der Waals surface area contributed by atoms with Gasteiger partial charge in [-0.25, -0.2) is 0 Å². The predicted octanol–water partition coefficient (Wildman–Crippen LogP) is 0.431. The average Bonchev–Trinajstić information content (AvgIpc) is 1.84. The molecule has 0 bridgehead atoms. The molecule has 66 valence electrons. The van der Waals surface area contributed by atoms with Gasteiger partial charge in [-0.3, -0.25) is 9.59 Å². The third-order valence-electron chi connectivity index (χ3n) is 1.01. The lowest BCUT2D eigenvalue weighted by molar-refractivity contribution is -0.151. The normalized spacial score (nSPS) is 9.33. The van der Waals surface area contributed by atoms with Crippen LogP contribution in [0.25, 0.3) is 0 Å². The number of carbonyl (C=O) groups is 2. The molecule has 0 unspecified atom stereocenters. The Morgan fingerprint density at radius 1 is 1.08 bits per heavy atom. The van der Waals surface area contributed by atoms with Crippen molar-refractivity contribution in [3.63, 3.8) is 0 Å². The summed E-state index contributed by atoms with van der Waals surface area (Å²) in [5.74, 6) is 0.198. The molecule has 0 radical (unpaired) electrons. The van der Waals surface area contributed by atoms with Crippen LogP contribution in [0.15, 0.2) is 0 Å². The first-order chi connectivity index (χ1) is 5.45. The molecule has 0 saturated heterocycles. The van der Waals surface area contributed by atoms with Crippen molar-refractivity contribution in [3.8, 4) is 11.8 Å². The Kier molecular flexibility index (Phi) is 3.84. The average molecular weight is 170 g/mol. The molecule has 2 N–H and O–H groups in total. The Hall–Kier alpha value is -1.50. The van der Waals surface area contributed by atoms with E-state index in [9.17, 15) is 9.59 Å². The molecule has 0 rings (SSSR count).